The summed E-state index contributed by atoms with van der Waals surface area (Å²) in [7, 11) is -4.73. The van der Waals surface area contributed by atoms with Crippen LogP contribution in [0.2, 0.25) is 0 Å². The van der Waals surface area contributed by atoms with Crippen molar-refractivity contribution in [3.8, 4) is 0 Å². The lowest BCUT2D eigenvalue weighted by Crippen LogP contribution is -2.34. The molecule has 0 heterocycles. The number of aliphatic carboxylic acids is 1. The molecule has 0 spiro atoms. The summed E-state index contributed by atoms with van der Waals surface area (Å²) in [4.78, 5) is 46.0. The van der Waals surface area contributed by atoms with Gasteiger partial charge in [0.1, 0.15) is 12.6 Å². The van der Waals surface area contributed by atoms with Crippen molar-refractivity contribution in [1.82, 2.24) is 0 Å². The molecular weight excluding hydrogens is 757 g/mol. The van der Waals surface area contributed by atoms with Crippen molar-refractivity contribution < 1.29 is 47.5 Å². The van der Waals surface area contributed by atoms with E-state index in [1.165, 1.54) is 70.6 Å². The molecule has 0 aromatic carbocycles. The number of esters is 2. The number of ether oxygens (including phenoxy) is 2. The van der Waals surface area contributed by atoms with E-state index in [0.29, 0.717) is 12.8 Å². The van der Waals surface area contributed by atoms with Crippen LogP contribution in [0.4, 0.5) is 0 Å². The number of carboxylic acids is 1. The highest BCUT2D eigenvalue weighted by molar-refractivity contribution is 7.47. The molecule has 0 aromatic rings. The Kier molecular flexibility index (Phi) is 38.9. The maximum atomic E-state index is 12.6. The number of phosphoric ester groups is 1. The molecule has 0 amide bonds. The standard InChI is InChI=1S/C46H80NO10P/c1-3-5-7-9-11-13-15-17-19-20-21-22-24-26-28-30-32-34-36-38-45(49)57-42(40-55-58(52,53)56-41-43(47)46(50)51)39-54-44(48)37-35-33-31-29-27-25-23-18-16-14-12-10-8-6-4-2/h5,7,11,13,17,19,21-22,26,28,42-43H,3-4,6,8-10,12,14-16,18,20,23-25,27,29-41,47H2,1-2H3,(H,50,51)(H,52,53)/b7-5-,13-11-,19-17-,22-21-,28-26-/t42-,43+/m1/s1. The summed E-state index contributed by atoms with van der Waals surface area (Å²) in [5.74, 6) is -2.42. The first-order valence-corrected chi connectivity index (χ1v) is 23.8. The van der Waals surface area contributed by atoms with Crippen LogP contribution < -0.4 is 5.73 Å². The molecule has 0 aliphatic carbocycles. The Bertz CT molecular complexity index is 1210. The zero-order valence-corrected chi connectivity index (χ0v) is 37.0. The fourth-order valence-electron chi connectivity index (χ4n) is 5.80. The highest BCUT2D eigenvalue weighted by Crippen LogP contribution is 2.43. The van der Waals surface area contributed by atoms with Gasteiger partial charge in [-0.3, -0.25) is 23.4 Å². The van der Waals surface area contributed by atoms with Crippen LogP contribution in [0.1, 0.15) is 181 Å². The number of nitrogens with two attached hydrogens (primary N) is 1. The summed E-state index contributed by atoms with van der Waals surface area (Å²) >= 11 is 0. The van der Waals surface area contributed by atoms with Crippen molar-refractivity contribution >= 4 is 25.7 Å². The first-order chi connectivity index (χ1) is 28.1. The van der Waals surface area contributed by atoms with Gasteiger partial charge in [0.05, 0.1) is 13.2 Å². The lowest BCUT2D eigenvalue weighted by atomic mass is 10.0. The largest absolute Gasteiger partial charge is 0.480 e. The lowest BCUT2D eigenvalue weighted by Gasteiger charge is -2.20. The number of phosphoric acid groups is 1. The van der Waals surface area contributed by atoms with Crippen molar-refractivity contribution in [3.05, 3.63) is 60.8 Å². The Balaban J connectivity index is 4.42. The van der Waals surface area contributed by atoms with Gasteiger partial charge in [0, 0.05) is 12.8 Å². The molecule has 3 atom stereocenters. The van der Waals surface area contributed by atoms with Crippen LogP contribution in [0.3, 0.4) is 0 Å². The third-order valence-electron chi connectivity index (χ3n) is 9.28. The van der Waals surface area contributed by atoms with Crippen molar-refractivity contribution in [2.24, 2.45) is 5.73 Å². The van der Waals surface area contributed by atoms with Crippen molar-refractivity contribution in [1.29, 1.82) is 0 Å². The van der Waals surface area contributed by atoms with Crippen LogP contribution in [-0.2, 0) is 37.5 Å². The fraction of sp³-hybridized carbons (Fsp3) is 0.717. The quantitative estimate of drug-likeness (QED) is 0.0231. The minimum atomic E-state index is -4.73. The monoisotopic (exact) mass is 838 g/mol. The van der Waals surface area contributed by atoms with Gasteiger partial charge in [-0.05, 0) is 57.8 Å². The number of hydrogen-bond donors (Lipinski definition) is 3. The molecule has 0 aliphatic heterocycles. The summed E-state index contributed by atoms with van der Waals surface area (Å²) < 4.78 is 32.7. The third kappa shape index (κ3) is 40.0. The van der Waals surface area contributed by atoms with Crippen LogP contribution in [0.25, 0.3) is 0 Å². The highest BCUT2D eigenvalue weighted by Gasteiger charge is 2.28. The molecule has 0 saturated carbocycles. The van der Waals surface area contributed by atoms with E-state index in [-0.39, 0.29) is 19.4 Å². The summed E-state index contributed by atoms with van der Waals surface area (Å²) in [6.45, 7) is 2.66. The lowest BCUT2D eigenvalue weighted by molar-refractivity contribution is -0.161. The molecule has 0 bridgehead atoms. The predicted molar refractivity (Wildman–Crippen MR) is 235 cm³/mol. The van der Waals surface area contributed by atoms with E-state index < -0.39 is 51.1 Å². The SMILES string of the molecule is CC/C=C\C/C=C\C/C=C\C/C=C\C/C=C\CCCCCC(=O)O[C@H](COC(=O)CCCCCCCCCCCCCCCCC)COP(=O)(O)OC[C@H](N)C(=O)O. The van der Waals surface area contributed by atoms with Gasteiger partial charge in [0.25, 0.3) is 0 Å². The molecule has 58 heavy (non-hydrogen) atoms. The van der Waals surface area contributed by atoms with Crippen molar-refractivity contribution in [2.45, 2.75) is 193 Å². The molecule has 0 aliphatic rings. The number of rotatable bonds is 41. The van der Waals surface area contributed by atoms with Crippen LogP contribution in [-0.4, -0.2) is 59.9 Å². The van der Waals surface area contributed by atoms with E-state index in [1.54, 1.807) is 0 Å². The minimum Gasteiger partial charge on any atom is -0.480 e. The second-order valence-corrected chi connectivity index (χ2v) is 16.3. The van der Waals surface area contributed by atoms with Crippen LogP contribution in [0, 0.1) is 0 Å². The Hall–Kier alpha value is -2.82. The average Bonchev–Trinajstić information content (AvgIpc) is 3.20. The van der Waals surface area contributed by atoms with Crippen LogP contribution >= 0.6 is 7.82 Å². The van der Waals surface area contributed by atoms with Crippen LogP contribution in [0.15, 0.2) is 60.8 Å². The number of allylic oxidation sites excluding steroid dienone is 10. The molecule has 0 aromatic heterocycles. The van der Waals surface area contributed by atoms with Crippen LogP contribution in [0.5, 0.6) is 0 Å². The highest BCUT2D eigenvalue weighted by atomic mass is 31.2. The summed E-state index contributed by atoms with van der Waals surface area (Å²) in [6.07, 6.45) is 47.1. The first-order valence-electron chi connectivity index (χ1n) is 22.3. The first kappa shape index (κ1) is 55.2. The van der Waals surface area contributed by atoms with E-state index >= 15 is 0 Å². The summed E-state index contributed by atoms with van der Waals surface area (Å²) in [5, 5.41) is 8.89. The average molecular weight is 838 g/mol. The Labute approximate surface area is 351 Å². The molecule has 4 N–H and O–H groups in total. The van der Waals surface area contributed by atoms with Gasteiger partial charge in [-0.15, -0.1) is 0 Å². The number of carboxylic acid groups (broad SMARTS) is 1. The molecule has 0 radical (unpaired) electrons. The topological polar surface area (TPSA) is 172 Å². The smallest absolute Gasteiger partial charge is 0.472 e. The van der Waals surface area contributed by atoms with Gasteiger partial charge in [-0.25, -0.2) is 4.57 Å². The maximum Gasteiger partial charge on any atom is 0.472 e. The van der Waals surface area contributed by atoms with Crippen molar-refractivity contribution in [2.75, 3.05) is 19.8 Å². The zero-order valence-electron chi connectivity index (χ0n) is 36.1. The Morgan fingerprint density at radius 2 is 0.966 bits per heavy atom. The Morgan fingerprint density at radius 1 is 0.552 bits per heavy atom. The van der Waals surface area contributed by atoms with Gasteiger partial charge in [-0.1, -0.05) is 171 Å². The van der Waals surface area contributed by atoms with Gasteiger partial charge >= 0.3 is 25.7 Å². The van der Waals surface area contributed by atoms with Gasteiger partial charge in [0.2, 0.25) is 0 Å². The summed E-state index contributed by atoms with van der Waals surface area (Å²) in [6, 6.07) is -1.53. The minimum absolute atomic E-state index is 0.121. The molecule has 0 fully saturated rings. The molecule has 12 heteroatoms. The van der Waals surface area contributed by atoms with E-state index in [2.05, 4.69) is 79.1 Å². The van der Waals surface area contributed by atoms with Gasteiger partial charge < -0.3 is 25.2 Å². The van der Waals surface area contributed by atoms with Gasteiger partial charge in [0.15, 0.2) is 6.10 Å². The zero-order chi connectivity index (χ0) is 42.8. The maximum absolute atomic E-state index is 12.6. The third-order valence-corrected chi connectivity index (χ3v) is 10.2. The summed E-state index contributed by atoms with van der Waals surface area (Å²) in [5.41, 5.74) is 5.33. The van der Waals surface area contributed by atoms with Gasteiger partial charge in [-0.2, -0.15) is 0 Å². The van der Waals surface area contributed by atoms with E-state index in [4.69, 9.17) is 24.8 Å². The number of carbonyl (C=O) groups excluding carboxylic acids is 2. The fourth-order valence-corrected chi connectivity index (χ4v) is 6.58. The Morgan fingerprint density at radius 3 is 1.45 bits per heavy atom. The molecule has 334 valence electrons. The van der Waals surface area contributed by atoms with E-state index in [9.17, 15) is 23.8 Å². The normalized spacial score (nSPS) is 14.3. The molecule has 11 nitrogen and oxygen atoms in total. The van der Waals surface area contributed by atoms with Crippen molar-refractivity contribution in [3.63, 3.8) is 0 Å². The van der Waals surface area contributed by atoms with E-state index in [0.717, 1.165) is 70.6 Å². The molecule has 0 saturated heterocycles. The van der Waals surface area contributed by atoms with E-state index in [1.807, 2.05) is 0 Å². The second-order valence-electron chi connectivity index (χ2n) is 14.8. The molecular formula is C46H80NO10P. The number of hydrogen-bond acceptors (Lipinski definition) is 9. The molecule has 0 rings (SSSR count). The second kappa shape index (κ2) is 40.9. The predicted octanol–water partition coefficient (Wildman–Crippen LogP) is 12.0. The molecule has 1 unspecified atom stereocenters. The number of unbranched alkanes of at least 4 members (excludes halogenated alkanes) is 17. The number of carbonyl (C=O) groups is 3.